The Hall–Kier alpha value is -4.14. The summed E-state index contributed by atoms with van der Waals surface area (Å²) in [5.74, 6) is -1.58. The molecule has 1 atom stereocenters. The number of aliphatic carboxylic acids is 1. The second-order valence-corrected chi connectivity index (χ2v) is 8.63. The Morgan fingerprint density at radius 3 is 2.29 bits per heavy atom. The normalized spacial score (nSPS) is 13.0. The van der Waals surface area contributed by atoms with Crippen molar-refractivity contribution in [3.63, 3.8) is 0 Å². The fourth-order valence-electron chi connectivity index (χ4n) is 4.44. The maximum absolute atomic E-state index is 13.0. The number of fused-ring (bicyclic) bond motifs is 3. The molecule has 4 rings (SSSR count). The summed E-state index contributed by atoms with van der Waals surface area (Å²) in [5, 5.41) is 15.9. The van der Waals surface area contributed by atoms with E-state index in [4.69, 9.17) is 9.84 Å². The lowest BCUT2D eigenvalue weighted by Crippen LogP contribution is -2.47. The fourth-order valence-corrected chi connectivity index (χ4v) is 4.44. The van der Waals surface area contributed by atoms with E-state index in [0.29, 0.717) is 5.69 Å². The molecule has 2 amide bonds. The standard InChI is InChI=1S/C26H28N4O5/c1-29(15-17-13-14-30(2)28-17)25(33)23(11-12-24(31)32)27-26(34)35-16-22-20-9-5-3-7-18(20)19-8-4-6-10-21(19)22/h3-10,13-14,22-23H,11-12,15-16H2,1-2H3,(H,27,34)(H,31,32). The number of aromatic nitrogens is 2. The molecule has 0 spiro atoms. The van der Waals surface area contributed by atoms with Crippen LogP contribution in [0.4, 0.5) is 4.79 Å². The summed E-state index contributed by atoms with van der Waals surface area (Å²) in [6, 6.07) is 16.8. The van der Waals surface area contributed by atoms with Gasteiger partial charge in [0, 0.05) is 32.6 Å². The molecule has 0 saturated carbocycles. The number of carbonyl (C=O) groups is 3. The van der Waals surface area contributed by atoms with Crippen LogP contribution in [0.3, 0.4) is 0 Å². The van der Waals surface area contributed by atoms with Crippen LogP contribution in [0.2, 0.25) is 0 Å². The van der Waals surface area contributed by atoms with Gasteiger partial charge in [0.1, 0.15) is 12.6 Å². The van der Waals surface area contributed by atoms with Gasteiger partial charge < -0.3 is 20.1 Å². The zero-order chi connectivity index (χ0) is 24.9. The van der Waals surface area contributed by atoms with Crippen LogP contribution < -0.4 is 5.32 Å². The third-order valence-corrected chi connectivity index (χ3v) is 6.12. The number of nitrogens with one attached hydrogen (secondary N) is 1. The zero-order valence-electron chi connectivity index (χ0n) is 19.7. The number of carbonyl (C=O) groups excluding carboxylic acids is 2. The first kappa shape index (κ1) is 24.0. The number of alkyl carbamates (subject to hydrolysis) is 1. The van der Waals surface area contributed by atoms with Crippen LogP contribution in [0, 0.1) is 0 Å². The molecule has 1 heterocycles. The van der Waals surface area contributed by atoms with Crippen molar-refractivity contribution in [2.75, 3.05) is 13.7 Å². The summed E-state index contributed by atoms with van der Waals surface area (Å²) in [6.45, 7) is 0.332. The second-order valence-electron chi connectivity index (χ2n) is 8.63. The molecule has 0 aliphatic heterocycles. The minimum absolute atomic E-state index is 0.0507. The van der Waals surface area contributed by atoms with Crippen molar-refractivity contribution in [3.8, 4) is 11.1 Å². The van der Waals surface area contributed by atoms with Crippen molar-refractivity contribution in [2.45, 2.75) is 31.3 Å². The maximum atomic E-state index is 13.0. The average Bonchev–Trinajstić information content (AvgIpc) is 3.40. The van der Waals surface area contributed by atoms with Crippen molar-refractivity contribution >= 4 is 18.0 Å². The number of rotatable bonds is 9. The van der Waals surface area contributed by atoms with Crippen LogP contribution in [0.5, 0.6) is 0 Å². The molecule has 9 heteroatoms. The molecule has 2 N–H and O–H groups in total. The van der Waals surface area contributed by atoms with Crippen LogP contribution >= 0.6 is 0 Å². The topological polar surface area (TPSA) is 114 Å². The molecule has 1 aliphatic carbocycles. The van der Waals surface area contributed by atoms with Gasteiger partial charge >= 0.3 is 12.1 Å². The Labute approximate surface area is 203 Å². The molecule has 0 saturated heterocycles. The number of benzene rings is 2. The van der Waals surface area contributed by atoms with E-state index in [0.717, 1.165) is 22.3 Å². The van der Waals surface area contributed by atoms with Crippen LogP contribution in [-0.2, 0) is 27.9 Å². The van der Waals surface area contributed by atoms with E-state index in [1.54, 1.807) is 31.0 Å². The van der Waals surface area contributed by atoms with Crippen molar-refractivity contribution < 1.29 is 24.2 Å². The summed E-state index contributed by atoms with van der Waals surface area (Å²) >= 11 is 0. The third-order valence-electron chi connectivity index (χ3n) is 6.12. The molecular weight excluding hydrogens is 448 g/mol. The number of hydrogen-bond acceptors (Lipinski definition) is 5. The van der Waals surface area contributed by atoms with E-state index in [9.17, 15) is 14.4 Å². The van der Waals surface area contributed by atoms with Crippen molar-refractivity contribution in [3.05, 3.63) is 77.6 Å². The van der Waals surface area contributed by atoms with Crippen LogP contribution in [0.1, 0.15) is 35.6 Å². The van der Waals surface area contributed by atoms with Crippen LogP contribution in [0.15, 0.2) is 60.8 Å². The number of nitrogens with zero attached hydrogens (tertiary/aromatic N) is 3. The number of carboxylic acids is 1. The molecular formula is C26H28N4O5. The molecule has 9 nitrogen and oxygen atoms in total. The summed E-state index contributed by atoms with van der Waals surface area (Å²) in [4.78, 5) is 38.3. The number of aryl methyl sites for hydroxylation is 1. The Morgan fingerprint density at radius 2 is 1.71 bits per heavy atom. The first-order valence-corrected chi connectivity index (χ1v) is 11.4. The van der Waals surface area contributed by atoms with Crippen LogP contribution in [-0.4, -0.2) is 57.5 Å². The lowest BCUT2D eigenvalue weighted by atomic mass is 9.98. The molecule has 0 bridgehead atoms. The number of ether oxygens (including phenoxy) is 1. The van der Waals surface area contributed by atoms with Gasteiger partial charge in [-0.3, -0.25) is 14.3 Å². The molecule has 1 unspecified atom stereocenters. The number of carboxylic acid groups (broad SMARTS) is 1. The van der Waals surface area contributed by atoms with Gasteiger partial charge in [-0.2, -0.15) is 5.10 Å². The van der Waals surface area contributed by atoms with E-state index in [-0.39, 0.29) is 31.9 Å². The highest BCUT2D eigenvalue weighted by Gasteiger charge is 2.30. The predicted molar refractivity (Wildman–Crippen MR) is 129 cm³/mol. The van der Waals surface area contributed by atoms with Gasteiger partial charge in [-0.1, -0.05) is 48.5 Å². The Kier molecular flexibility index (Phi) is 7.14. The quantitative estimate of drug-likeness (QED) is 0.491. The summed E-state index contributed by atoms with van der Waals surface area (Å²) < 4.78 is 7.17. The predicted octanol–water partition coefficient (Wildman–Crippen LogP) is 3.15. The van der Waals surface area contributed by atoms with Gasteiger partial charge in [0.05, 0.1) is 12.2 Å². The van der Waals surface area contributed by atoms with Gasteiger partial charge in [-0.05, 0) is 34.7 Å². The van der Waals surface area contributed by atoms with Gasteiger partial charge in [0.25, 0.3) is 0 Å². The lowest BCUT2D eigenvalue weighted by molar-refractivity contribution is -0.138. The van der Waals surface area contributed by atoms with E-state index in [2.05, 4.69) is 10.4 Å². The summed E-state index contributed by atoms with van der Waals surface area (Å²) in [6.07, 6.45) is 0.689. The first-order valence-electron chi connectivity index (χ1n) is 11.4. The fraction of sp³-hybridized carbons (Fsp3) is 0.308. The minimum atomic E-state index is -1.05. The van der Waals surface area contributed by atoms with Gasteiger partial charge in [-0.25, -0.2) is 4.79 Å². The highest BCUT2D eigenvalue weighted by Crippen LogP contribution is 2.44. The molecule has 0 radical (unpaired) electrons. The third kappa shape index (κ3) is 5.51. The Bertz CT molecular complexity index is 1190. The smallest absolute Gasteiger partial charge is 0.407 e. The SMILES string of the molecule is CN(Cc1ccn(C)n1)C(=O)C(CCC(=O)O)NC(=O)OCC1c2ccccc2-c2ccccc21. The molecule has 3 aromatic rings. The van der Waals surface area contributed by atoms with E-state index in [1.165, 1.54) is 4.90 Å². The molecule has 0 fully saturated rings. The lowest BCUT2D eigenvalue weighted by Gasteiger charge is -2.24. The molecule has 1 aromatic heterocycles. The molecule has 2 aromatic carbocycles. The molecule has 182 valence electrons. The Morgan fingerprint density at radius 1 is 1.09 bits per heavy atom. The highest BCUT2D eigenvalue weighted by atomic mass is 16.5. The van der Waals surface area contributed by atoms with Gasteiger partial charge in [0.15, 0.2) is 0 Å². The van der Waals surface area contributed by atoms with Crippen molar-refractivity contribution in [2.24, 2.45) is 7.05 Å². The van der Waals surface area contributed by atoms with E-state index < -0.39 is 24.0 Å². The number of likely N-dealkylation sites (N-methyl/N-ethyl adjacent to an activating group) is 1. The summed E-state index contributed by atoms with van der Waals surface area (Å²) in [7, 11) is 3.36. The van der Waals surface area contributed by atoms with Gasteiger partial charge in [-0.15, -0.1) is 0 Å². The van der Waals surface area contributed by atoms with Crippen LogP contribution in [0.25, 0.3) is 11.1 Å². The molecule has 1 aliphatic rings. The van der Waals surface area contributed by atoms with E-state index >= 15 is 0 Å². The summed E-state index contributed by atoms with van der Waals surface area (Å²) in [5.41, 5.74) is 5.07. The first-order chi connectivity index (χ1) is 16.8. The zero-order valence-corrected chi connectivity index (χ0v) is 19.7. The number of hydrogen-bond donors (Lipinski definition) is 2. The second kappa shape index (κ2) is 10.4. The average molecular weight is 477 g/mol. The highest BCUT2D eigenvalue weighted by molar-refractivity contribution is 5.86. The van der Waals surface area contributed by atoms with Crippen molar-refractivity contribution in [1.29, 1.82) is 0 Å². The molecule has 35 heavy (non-hydrogen) atoms. The monoisotopic (exact) mass is 476 g/mol. The Balaban J connectivity index is 1.41. The largest absolute Gasteiger partial charge is 0.481 e. The van der Waals surface area contributed by atoms with Crippen molar-refractivity contribution in [1.82, 2.24) is 20.0 Å². The number of amides is 2. The maximum Gasteiger partial charge on any atom is 0.407 e. The minimum Gasteiger partial charge on any atom is -0.481 e. The van der Waals surface area contributed by atoms with E-state index in [1.807, 2.05) is 48.5 Å². The van der Waals surface area contributed by atoms with Gasteiger partial charge in [0.2, 0.25) is 5.91 Å².